The average molecular weight is 243 g/mol. The van der Waals surface area contributed by atoms with E-state index in [4.69, 9.17) is 0 Å². The molecule has 0 spiro atoms. The molecule has 0 saturated carbocycles. The Bertz CT molecular complexity index is 393. The number of methoxy groups -OCH3 is 1. The number of aliphatic imine (C=N–C) groups is 1. The summed E-state index contributed by atoms with van der Waals surface area (Å²) < 4.78 is 31.1. The minimum Gasteiger partial charge on any atom is -0.491 e. The van der Waals surface area contributed by atoms with E-state index in [1.807, 2.05) is 0 Å². The van der Waals surface area contributed by atoms with Crippen molar-refractivity contribution in [3.63, 3.8) is 0 Å². The van der Waals surface area contributed by atoms with Crippen molar-refractivity contribution in [1.29, 1.82) is 0 Å². The Kier molecular flexibility index (Phi) is 5.02. The zero-order valence-corrected chi connectivity index (χ0v) is 9.61. The molecule has 1 aromatic rings. The van der Waals surface area contributed by atoms with Gasteiger partial charge in [0.1, 0.15) is 0 Å². The Morgan fingerprint density at radius 1 is 1.38 bits per heavy atom. The average Bonchev–Trinajstić information content (AvgIpc) is 2.24. The number of isothiocyanates is 1. The van der Waals surface area contributed by atoms with Crippen molar-refractivity contribution >= 4 is 17.4 Å². The van der Waals surface area contributed by atoms with Gasteiger partial charge in [0.2, 0.25) is 0 Å². The molecule has 0 amide bonds. The molecule has 1 rings (SSSR count). The van der Waals surface area contributed by atoms with Crippen molar-refractivity contribution in [2.24, 2.45) is 4.99 Å². The molecular weight excluding hydrogens is 232 g/mol. The van der Waals surface area contributed by atoms with E-state index >= 15 is 0 Å². The van der Waals surface area contributed by atoms with Crippen LogP contribution in [0.2, 0.25) is 0 Å². The van der Waals surface area contributed by atoms with Crippen LogP contribution in [-0.2, 0) is 6.42 Å². The van der Waals surface area contributed by atoms with E-state index in [0.717, 1.165) is 0 Å². The maximum Gasteiger partial charge on any atom is 0.190 e. The maximum atomic E-state index is 13.3. The van der Waals surface area contributed by atoms with Gasteiger partial charge in [-0.15, -0.1) is 0 Å². The smallest absolute Gasteiger partial charge is 0.190 e. The van der Waals surface area contributed by atoms with E-state index in [0.29, 0.717) is 24.9 Å². The Morgan fingerprint density at radius 2 is 2.00 bits per heavy atom. The van der Waals surface area contributed by atoms with Crippen molar-refractivity contribution in [2.75, 3.05) is 13.7 Å². The second kappa shape index (κ2) is 6.30. The van der Waals surface area contributed by atoms with Crippen LogP contribution in [0, 0.1) is 11.6 Å². The molecule has 1 aromatic carbocycles. The Balaban J connectivity index is 2.71. The molecule has 5 heteroatoms. The summed E-state index contributed by atoms with van der Waals surface area (Å²) in [6, 6.07) is 2.53. The van der Waals surface area contributed by atoms with Gasteiger partial charge >= 0.3 is 0 Å². The summed E-state index contributed by atoms with van der Waals surface area (Å²) in [4.78, 5) is 3.72. The monoisotopic (exact) mass is 243 g/mol. The first-order valence-corrected chi connectivity index (χ1v) is 5.15. The van der Waals surface area contributed by atoms with E-state index in [2.05, 4.69) is 27.1 Å². The number of rotatable bonds is 5. The maximum absolute atomic E-state index is 13.3. The van der Waals surface area contributed by atoms with Gasteiger partial charge in [0, 0.05) is 6.54 Å². The highest BCUT2D eigenvalue weighted by molar-refractivity contribution is 7.78. The predicted molar refractivity (Wildman–Crippen MR) is 61.1 cm³/mol. The highest BCUT2D eigenvalue weighted by Gasteiger charge is 2.10. The summed E-state index contributed by atoms with van der Waals surface area (Å²) >= 11 is 4.40. The quantitative estimate of drug-likeness (QED) is 0.450. The highest BCUT2D eigenvalue weighted by atomic mass is 32.1. The topological polar surface area (TPSA) is 21.6 Å². The van der Waals surface area contributed by atoms with Gasteiger partial charge in [0.05, 0.1) is 12.3 Å². The number of hydrogen-bond acceptors (Lipinski definition) is 3. The van der Waals surface area contributed by atoms with E-state index in [1.54, 1.807) is 0 Å². The molecule has 0 aliphatic rings. The van der Waals surface area contributed by atoms with Crippen molar-refractivity contribution in [2.45, 2.75) is 12.8 Å². The number of hydrogen-bond donors (Lipinski definition) is 0. The number of nitrogens with zero attached hydrogens (tertiary/aromatic N) is 1. The number of aryl methyl sites for hydroxylation is 1. The fraction of sp³-hybridized carbons (Fsp3) is 0.364. The van der Waals surface area contributed by atoms with Gasteiger partial charge in [0.25, 0.3) is 0 Å². The van der Waals surface area contributed by atoms with Crippen LogP contribution >= 0.6 is 12.2 Å². The van der Waals surface area contributed by atoms with E-state index in [9.17, 15) is 8.78 Å². The molecule has 0 atom stereocenters. The molecule has 86 valence electrons. The molecule has 16 heavy (non-hydrogen) atoms. The molecule has 0 unspecified atom stereocenters. The minimum atomic E-state index is -0.684. The highest BCUT2D eigenvalue weighted by Crippen LogP contribution is 2.23. The van der Waals surface area contributed by atoms with Gasteiger partial charge in [-0.3, -0.25) is 0 Å². The summed E-state index contributed by atoms with van der Waals surface area (Å²) in [5, 5.41) is 2.24. The SMILES string of the molecule is COc1c(F)cc(CCCN=C=S)cc1F. The van der Waals surface area contributed by atoms with Gasteiger partial charge in [-0.05, 0) is 42.8 Å². The van der Waals surface area contributed by atoms with Gasteiger partial charge in [-0.1, -0.05) is 0 Å². The minimum absolute atomic E-state index is 0.347. The number of benzene rings is 1. The molecule has 0 bridgehead atoms. The van der Waals surface area contributed by atoms with Crippen molar-refractivity contribution in [3.05, 3.63) is 29.3 Å². The molecule has 0 aromatic heterocycles. The molecule has 0 N–H and O–H groups in total. The van der Waals surface area contributed by atoms with Gasteiger partial charge in [-0.25, -0.2) is 13.8 Å². The Labute approximate surface area is 98.0 Å². The second-order valence-electron chi connectivity index (χ2n) is 3.17. The third kappa shape index (κ3) is 3.36. The molecule has 0 aliphatic heterocycles. The number of halogens is 2. The third-order valence-electron chi connectivity index (χ3n) is 2.06. The number of thiocarbonyl (C=S) groups is 1. The predicted octanol–water partition coefficient (Wildman–Crippen LogP) is 3.01. The summed E-state index contributed by atoms with van der Waals surface area (Å²) in [6.45, 7) is 0.513. The van der Waals surface area contributed by atoms with E-state index in [-0.39, 0.29) is 5.75 Å². The van der Waals surface area contributed by atoms with Crippen LogP contribution in [0.25, 0.3) is 0 Å². The van der Waals surface area contributed by atoms with Crippen molar-refractivity contribution in [1.82, 2.24) is 0 Å². The van der Waals surface area contributed by atoms with Crippen LogP contribution in [0.15, 0.2) is 17.1 Å². The van der Waals surface area contributed by atoms with Gasteiger partial charge < -0.3 is 4.74 Å². The van der Waals surface area contributed by atoms with Crippen LogP contribution in [0.4, 0.5) is 8.78 Å². The van der Waals surface area contributed by atoms with Crippen LogP contribution in [0.5, 0.6) is 5.75 Å². The van der Waals surface area contributed by atoms with Crippen LogP contribution in [0.3, 0.4) is 0 Å². The lowest BCUT2D eigenvalue weighted by Gasteiger charge is -2.06. The zero-order valence-electron chi connectivity index (χ0n) is 8.80. The summed E-state index contributed by atoms with van der Waals surface area (Å²) in [7, 11) is 1.23. The lowest BCUT2D eigenvalue weighted by atomic mass is 10.1. The molecular formula is C11H11F2NOS. The fourth-order valence-electron chi connectivity index (χ4n) is 1.36. The first kappa shape index (κ1) is 12.7. The molecule has 0 fully saturated rings. The molecule has 2 nitrogen and oxygen atoms in total. The largest absolute Gasteiger partial charge is 0.491 e. The molecule has 0 aliphatic carbocycles. The second-order valence-corrected chi connectivity index (χ2v) is 3.35. The van der Waals surface area contributed by atoms with Crippen LogP contribution in [0.1, 0.15) is 12.0 Å². The van der Waals surface area contributed by atoms with Crippen LogP contribution in [-0.4, -0.2) is 18.8 Å². The normalized spacial score (nSPS) is 9.69. The van der Waals surface area contributed by atoms with E-state index < -0.39 is 11.6 Å². The van der Waals surface area contributed by atoms with Gasteiger partial charge in [-0.2, -0.15) is 0 Å². The fourth-order valence-corrected chi connectivity index (χ4v) is 1.45. The Morgan fingerprint density at radius 3 is 2.50 bits per heavy atom. The summed E-state index contributed by atoms with van der Waals surface area (Å²) in [5.41, 5.74) is 0.579. The third-order valence-corrected chi connectivity index (χ3v) is 2.19. The van der Waals surface area contributed by atoms with Crippen LogP contribution < -0.4 is 4.74 Å². The lowest BCUT2D eigenvalue weighted by molar-refractivity contribution is 0.359. The van der Waals surface area contributed by atoms with Gasteiger partial charge in [0.15, 0.2) is 17.4 Å². The summed E-state index contributed by atoms with van der Waals surface area (Å²) in [5.74, 6) is -1.72. The molecule has 0 radical (unpaired) electrons. The first-order valence-electron chi connectivity index (χ1n) is 4.74. The summed E-state index contributed by atoms with van der Waals surface area (Å²) in [6.07, 6.45) is 1.22. The number of ether oxygens (including phenoxy) is 1. The van der Waals surface area contributed by atoms with E-state index in [1.165, 1.54) is 19.2 Å². The first-order chi connectivity index (χ1) is 7.69. The van der Waals surface area contributed by atoms with Crippen molar-refractivity contribution < 1.29 is 13.5 Å². The van der Waals surface area contributed by atoms with Crippen molar-refractivity contribution in [3.8, 4) is 5.75 Å². The standard InChI is InChI=1S/C11H11F2NOS/c1-15-11-9(12)5-8(6-10(11)13)3-2-4-14-7-16/h5-6H,2-4H2,1H3. The molecule has 0 saturated heterocycles. The Hall–Kier alpha value is -1.32. The zero-order chi connectivity index (χ0) is 12.0. The lowest BCUT2D eigenvalue weighted by Crippen LogP contribution is -1.96. The molecule has 0 heterocycles.